The third-order valence-electron chi connectivity index (χ3n) is 8.35. The highest BCUT2D eigenvalue weighted by Crippen LogP contribution is 2.37. The van der Waals surface area contributed by atoms with Crippen LogP contribution in [0.25, 0.3) is 51.2 Å². The maximum absolute atomic E-state index is 13.6. The Hall–Kier alpha value is -7.16. The summed E-state index contributed by atoms with van der Waals surface area (Å²) in [5.74, 6) is 0.627. The number of rotatable bonds is 11. The van der Waals surface area contributed by atoms with Crippen molar-refractivity contribution in [3.05, 3.63) is 150 Å². The van der Waals surface area contributed by atoms with Crippen molar-refractivity contribution in [1.82, 2.24) is 34.9 Å². The molecule has 0 aliphatic rings. The number of halogens is 2. The molecule has 8 aromatic rings. The molecule has 0 spiro atoms. The molecule has 0 saturated carbocycles. The molecule has 0 aliphatic carbocycles. The van der Waals surface area contributed by atoms with Crippen molar-refractivity contribution in [2.45, 2.75) is 13.2 Å². The first-order valence-corrected chi connectivity index (χ1v) is 16.7. The quantitative estimate of drug-likeness (QED) is 0.103. The van der Waals surface area contributed by atoms with Crippen molar-refractivity contribution in [3.8, 4) is 51.2 Å². The van der Waals surface area contributed by atoms with Gasteiger partial charge in [0.2, 0.25) is 17.8 Å². The molecule has 0 radical (unpaired) electrons. The average molecular weight is 722 g/mol. The predicted octanol–water partition coefficient (Wildman–Crippen LogP) is 7.86. The van der Waals surface area contributed by atoms with Crippen LogP contribution in [0.1, 0.15) is 11.1 Å². The summed E-state index contributed by atoms with van der Waals surface area (Å²) in [5, 5.41) is 33.9. The highest BCUT2D eigenvalue weighted by Gasteiger charge is 2.20. The molecule has 0 aliphatic heterocycles. The number of hydrogen-bond acceptors (Lipinski definition) is 11. The van der Waals surface area contributed by atoms with E-state index in [0.717, 1.165) is 22.3 Å². The number of aliphatic hydroxyl groups is 2. The van der Waals surface area contributed by atoms with Gasteiger partial charge in [-0.1, -0.05) is 59.8 Å². The van der Waals surface area contributed by atoms with Gasteiger partial charge in [0, 0.05) is 28.1 Å². The average Bonchev–Trinajstić information content (AvgIpc) is 3.89. The number of hydrogen-bond donors (Lipinski definition) is 4. The molecule has 4 N–H and O–H groups in total. The summed E-state index contributed by atoms with van der Waals surface area (Å²) in [4.78, 5) is 18.4. The van der Waals surface area contributed by atoms with E-state index < -0.39 is 0 Å². The topological polar surface area (TPSA) is 160 Å². The summed E-state index contributed by atoms with van der Waals surface area (Å²) in [6, 6.07) is 33.7. The molecule has 0 bridgehead atoms. The lowest BCUT2D eigenvalue weighted by Gasteiger charge is -2.09. The van der Waals surface area contributed by atoms with E-state index in [1.807, 2.05) is 72.8 Å². The Balaban J connectivity index is 1.13. The van der Waals surface area contributed by atoms with Gasteiger partial charge in [0.25, 0.3) is 0 Å². The third kappa shape index (κ3) is 7.41. The highest BCUT2D eigenvalue weighted by atomic mass is 19.1. The van der Waals surface area contributed by atoms with Gasteiger partial charge in [-0.3, -0.25) is 0 Å². The first kappa shape index (κ1) is 34.0. The van der Waals surface area contributed by atoms with Crippen LogP contribution >= 0.6 is 0 Å². The smallest absolute Gasteiger partial charge is 0.232 e. The van der Waals surface area contributed by atoms with Crippen LogP contribution in [0, 0.1) is 11.6 Å². The number of aliphatic hydroxyl groups excluding tert-OH is 2. The van der Waals surface area contributed by atoms with Crippen LogP contribution in [0.15, 0.2) is 132 Å². The van der Waals surface area contributed by atoms with E-state index in [0.29, 0.717) is 45.7 Å². The molecule has 8 rings (SSSR count). The maximum atomic E-state index is 13.6. The number of nitrogens with zero attached hydrogens (tertiary/aromatic N) is 7. The van der Waals surface area contributed by atoms with Gasteiger partial charge in [-0.2, -0.15) is 15.0 Å². The lowest BCUT2D eigenvalue weighted by atomic mass is 10.0. The van der Waals surface area contributed by atoms with Crippen molar-refractivity contribution >= 4 is 23.3 Å². The molecule has 14 heteroatoms. The second-order valence-corrected chi connectivity index (χ2v) is 12.1. The van der Waals surface area contributed by atoms with Crippen LogP contribution < -0.4 is 10.6 Å². The van der Waals surface area contributed by atoms with Gasteiger partial charge in [0.1, 0.15) is 17.3 Å². The number of benzene rings is 5. The normalized spacial score (nSPS) is 11.1. The number of oxazole rings is 1. The molecule has 0 saturated heterocycles. The van der Waals surface area contributed by atoms with Crippen molar-refractivity contribution in [3.63, 3.8) is 0 Å². The van der Waals surface area contributed by atoms with Crippen molar-refractivity contribution < 1.29 is 23.4 Å². The molecule has 0 fully saturated rings. The zero-order chi connectivity index (χ0) is 37.0. The van der Waals surface area contributed by atoms with Gasteiger partial charge in [0.05, 0.1) is 25.1 Å². The summed E-state index contributed by atoms with van der Waals surface area (Å²) < 4.78 is 35.1. The minimum absolute atomic E-state index is 0.0774. The zero-order valence-electron chi connectivity index (χ0n) is 28.2. The van der Waals surface area contributed by atoms with Crippen LogP contribution in [-0.2, 0) is 13.2 Å². The molecule has 0 atom stereocenters. The second-order valence-electron chi connectivity index (χ2n) is 12.1. The Bertz CT molecular complexity index is 2410. The molecule has 54 heavy (non-hydrogen) atoms. The van der Waals surface area contributed by atoms with Crippen LogP contribution in [0.4, 0.5) is 32.1 Å². The van der Waals surface area contributed by atoms with E-state index in [-0.39, 0.29) is 42.6 Å². The van der Waals surface area contributed by atoms with Crippen LogP contribution in [0.3, 0.4) is 0 Å². The number of aromatic nitrogens is 7. The Morgan fingerprint density at radius 1 is 0.611 bits per heavy atom. The molecule has 266 valence electrons. The molecule has 0 amide bonds. The van der Waals surface area contributed by atoms with E-state index in [4.69, 9.17) is 9.40 Å². The third-order valence-corrected chi connectivity index (χ3v) is 8.35. The molecular weight excluding hydrogens is 692 g/mol. The zero-order valence-corrected chi connectivity index (χ0v) is 28.2. The molecular formula is C40H29F2N9O3. The number of anilines is 4. The van der Waals surface area contributed by atoms with Gasteiger partial charge in [0.15, 0.2) is 17.3 Å². The minimum atomic E-state index is -0.387. The predicted molar refractivity (Wildman–Crippen MR) is 198 cm³/mol. The van der Waals surface area contributed by atoms with Gasteiger partial charge in [-0.05, 0) is 77.9 Å². The molecule has 5 aromatic carbocycles. The van der Waals surface area contributed by atoms with Crippen molar-refractivity contribution in [2.75, 3.05) is 10.6 Å². The SMILES string of the molecule is OCc1ccc(-c2nc(-c3cccc(-n4cc(-c5nc(Nc6ccc(F)cc6)nc(Nc6ccc(F)cc6)n5)nn4)c3)oc2-c2ccc(CO)cc2)cc1. The van der Waals surface area contributed by atoms with Crippen LogP contribution in [0.5, 0.6) is 0 Å². The summed E-state index contributed by atoms with van der Waals surface area (Å²) in [7, 11) is 0. The fourth-order valence-electron chi connectivity index (χ4n) is 5.57. The summed E-state index contributed by atoms with van der Waals surface area (Å²) in [6.07, 6.45) is 1.66. The van der Waals surface area contributed by atoms with E-state index in [1.54, 1.807) is 35.1 Å². The summed E-state index contributed by atoms with van der Waals surface area (Å²) in [6.45, 7) is -0.157. The van der Waals surface area contributed by atoms with Gasteiger partial charge in [-0.25, -0.2) is 18.4 Å². The van der Waals surface area contributed by atoms with E-state index >= 15 is 0 Å². The summed E-state index contributed by atoms with van der Waals surface area (Å²) >= 11 is 0. The van der Waals surface area contributed by atoms with Crippen molar-refractivity contribution in [1.29, 1.82) is 0 Å². The Labute approximate surface area is 306 Å². The molecule has 3 heterocycles. The molecule has 3 aromatic heterocycles. The largest absolute Gasteiger partial charge is 0.435 e. The monoisotopic (exact) mass is 721 g/mol. The van der Waals surface area contributed by atoms with E-state index in [2.05, 4.69) is 35.9 Å². The van der Waals surface area contributed by atoms with E-state index in [1.165, 1.54) is 24.3 Å². The minimum Gasteiger partial charge on any atom is -0.435 e. The Kier molecular flexibility index (Phi) is 9.32. The van der Waals surface area contributed by atoms with Crippen LogP contribution in [0.2, 0.25) is 0 Å². The number of nitrogens with one attached hydrogen (secondary N) is 2. The summed E-state index contributed by atoms with van der Waals surface area (Å²) in [5.41, 5.74) is 6.48. The standard InChI is InChI=1S/C40H29F2N9O3/c41-29-12-16-31(17-13-29)43-39-46-37(47-40(48-39)44-32-18-14-30(42)15-19-32)34-21-51(50-49-34)33-3-1-2-28(20-33)38-45-35(26-8-4-24(22-52)5-9-26)36(54-38)27-10-6-25(23-53)7-11-27/h1-21,52-53H,22-23H2,(H2,43,44,46,47,48). The van der Waals surface area contributed by atoms with E-state index in [9.17, 15) is 19.0 Å². The Morgan fingerprint density at radius 3 is 1.76 bits per heavy atom. The maximum Gasteiger partial charge on any atom is 0.232 e. The lowest BCUT2D eigenvalue weighted by molar-refractivity contribution is 0.281. The highest BCUT2D eigenvalue weighted by molar-refractivity contribution is 5.79. The first-order chi connectivity index (χ1) is 26.4. The van der Waals surface area contributed by atoms with Crippen molar-refractivity contribution in [2.24, 2.45) is 0 Å². The van der Waals surface area contributed by atoms with Crippen LogP contribution in [-0.4, -0.2) is 45.1 Å². The fraction of sp³-hybridized carbons (Fsp3) is 0.0500. The Morgan fingerprint density at radius 2 is 1.19 bits per heavy atom. The molecule has 12 nitrogen and oxygen atoms in total. The fourth-order valence-corrected chi connectivity index (χ4v) is 5.57. The first-order valence-electron chi connectivity index (χ1n) is 16.7. The van der Waals surface area contributed by atoms with Gasteiger partial charge < -0.3 is 25.3 Å². The second kappa shape index (κ2) is 14.8. The van der Waals surface area contributed by atoms with Gasteiger partial charge >= 0.3 is 0 Å². The molecule has 0 unspecified atom stereocenters. The lowest BCUT2D eigenvalue weighted by Crippen LogP contribution is -2.05. The van der Waals surface area contributed by atoms with Gasteiger partial charge in [-0.15, -0.1) is 5.10 Å².